The molecule has 0 saturated heterocycles. The number of ether oxygens (including phenoxy) is 1. The molecule has 5 rings (SSSR count). The maximum Gasteiger partial charge on any atom is 0.294 e. The van der Waals surface area contributed by atoms with E-state index in [-0.39, 0.29) is 12.8 Å². The van der Waals surface area contributed by atoms with Crippen LogP contribution in [0.15, 0.2) is 72.6 Å². The number of fused-ring (bicyclic) bond motifs is 2. The van der Waals surface area contributed by atoms with Gasteiger partial charge in [-0.05, 0) is 54.7 Å². The second-order valence-corrected chi connectivity index (χ2v) is 14.5. The number of nitrogens with zero attached hydrogens (tertiary/aromatic N) is 2. The standard InChI is InChI=1S/C29H28ClN2O7S3/c30-23-11-13-27-25(19-23)32(15-5-7-17-42(36,37)38)29(40-27)20-28-31(14-4-6-16-41(33,34)35)24-18-22(10-12-26(24)39-28)21-8-2-1-3-9-21/h1-3,8-13,18-20H,4-7,14-17H2/q+1. The SMILES string of the molecule is [O]S(=O)(=O)CCCCN1/C(=C/c2sc3ccc(Cl)cc3[n+]2CCCCS([O])(=O)=O)Oc2ccc(-c3ccccc3)cc21. The lowest BCUT2D eigenvalue weighted by molar-refractivity contribution is -0.669. The van der Waals surface area contributed by atoms with E-state index < -0.39 is 31.7 Å². The third kappa shape index (κ3) is 7.68. The van der Waals surface area contributed by atoms with Crippen molar-refractivity contribution in [1.29, 1.82) is 0 Å². The summed E-state index contributed by atoms with van der Waals surface area (Å²) in [7, 11) is -8.61. The van der Waals surface area contributed by atoms with Crippen molar-refractivity contribution in [2.24, 2.45) is 0 Å². The Hall–Kier alpha value is -3.00. The van der Waals surface area contributed by atoms with Crippen LogP contribution in [0.5, 0.6) is 5.75 Å². The highest BCUT2D eigenvalue weighted by Crippen LogP contribution is 2.42. The Morgan fingerprint density at radius 2 is 1.55 bits per heavy atom. The summed E-state index contributed by atoms with van der Waals surface area (Å²) in [6.45, 7) is 0.881. The van der Waals surface area contributed by atoms with E-state index in [4.69, 9.17) is 16.3 Å². The van der Waals surface area contributed by atoms with Crippen molar-refractivity contribution >= 4 is 65.2 Å². The number of halogens is 1. The summed E-state index contributed by atoms with van der Waals surface area (Å²) in [6.07, 6.45) is 3.26. The van der Waals surface area contributed by atoms with Crippen LogP contribution in [0.25, 0.3) is 27.4 Å². The first-order valence-electron chi connectivity index (χ1n) is 13.3. The minimum absolute atomic E-state index is 0.216. The lowest BCUT2D eigenvalue weighted by Crippen LogP contribution is -2.35. The molecule has 0 bridgehead atoms. The molecular weight excluding hydrogens is 620 g/mol. The van der Waals surface area contributed by atoms with Crippen LogP contribution < -0.4 is 14.2 Å². The van der Waals surface area contributed by atoms with Crippen LogP contribution in [-0.2, 0) is 35.9 Å². The van der Waals surface area contributed by atoms with Gasteiger partial charge in [0, 0.05) is 24.1 Å². The zero-order chi connectivity index (χ0) is 29.9. The third-order valence-corrected chi connectivity index (χ3v) is 9.75. The minimum atomic E-state index is -4.31. The fourth-order valence-corrected chi connectivity index (χ4v) is 7.24. The van der Waals surface area contributed by atoms with Crippen molar-refractivity contribution < 1.29 is 35.2 Å². The number of aromatic nitrogens is 1. The molecule has 1 aromatic heterocycles. The second-order valence-electron chi connectivity index (χ2n) is 9.93. The first-order chi connectivity index (χ1) is 20.0. The third-order valence-electron chi connectivity index (χ3n) is 6.83. The number of hydrogen-bond donors (Lipinski definition) is 0. The molecule has 0 N–H and O–H groups in total. The van der Waals surface area contributed by atoms with E-state index in [1.807, 2.05) is 76.2 Å². The van der Waals surface area contributed by atoms with Crippen molar-refractivity contribution in [2.75, 3.05) is 23.0 Å². The average molecular weight is 648 g/mol. The fraction of sp³-hybridized carbons (Fsp3) is 0.276. The zero-order valence-corrected chi connectivity index (χ0v) is 25.6. The summed E-state index contributed by atoms with van der Waals surface area (Å²) in [6, 6.07) is 21.4. The molecule has 0 unspecified atom stereocenters. The predicted molar refractivity (Wildman–Crippen MR) is 162 cm³/mol. The van der Waals surface area contributed by atoms with Crippen LogP contribution in [0.1, 0.15) is 30.7 Å². The van der Waals surface area contributed by atoms with E-state index in [1.165, 1.54) is 11.3 Å². The Balaban J connectivity index is 1.50. The van der Waals surface area contributed by atoms with E-state index in [0.29, 0.717) is 42.6 Å². The van der Waals surface area contributed by atoms with Crippen LogP contribution in [0.3, 0.4) is 0 Å². The summed E-state index contributed by atoms with van der Waals surface area (Å²) < 4.78 is 76.2. The molecule has 3 aromatic carbocycles. The first-order valence-corrected chi connectivity index (χ1v) is 17.7. The van der Waals surface area contributed by atoms with Crippen LogP contribution in [0, 0.1) is 0 Å². The van der Waals surface area contributed by atoms with Crippen molar-refractivity contribution in [1.82, 2.24) is 0 Å². The van der Waals surface area contributed by atoms with E-state index in [9.17, 15) is 25.9 Å². The van der Waals surface area contributed by atoms with Crippen molar-refractivity contribution in [3.8, 4) is 16.9 Å². The number of thiazole rings is 1. The Morgan fingerprint density at radius 3 is 2.26 bits per heavy atom. The molecule has 2 heterocycles. The quantitative estimate of drug-likeness (QED) is 0.142. The average Bonchev–Trinajstić information content (AvgIpc) is 3.44. The van der Waals surface area contributed by atoms with Gasteiger partial charge < -0.3 is 9.64 Å². The van der Waals surface area contributed by atoms with Crippen LogP contribution >= 0.6 is 22.9 Å². The molecule has 42 heavy (non-hydrogen) atoms. The zero-order valence-electron chi connectivity index (χ0n) is 22.4. The number of aryl methyl sites for hydroxylation is 1. The van der Waals surface area contributed by atoms with Gasteiger partial charge in [0.15, 0.2) is 12.3 Å². The minimum Gasteiger partial charge on any atom is -0.438 e. The molecule has 0 fully saturated rings. The van der Waals surface area contributed by atoms with Crippen molar-refractivity contribution in [3.63, 3.8) is 0 Å². The Kier molecular flexibility index (Phi) is 9.21. The number of unbranched alkanes of at least 4 members (excludes halogenated alkanes) is 2. The Labute approximate surface area is 254 Å². The lowest BCUT2D eigenvalue weighted by atomic mass is 10.0. The highest BCUT2D eigenvalue weighted by atomic mass is 35.5. The molecule has 0 spiro atoms. The van der Waals surface area contributed by atoms with Gasteiger partial charge in [-0.2, -0.15) is 21.4 Å². The van der Waals surface area contributed by atoms with Crippen LogP contribution in [0.4, 0.5) is 5.69 Å². The predicted octanol–water partition coefficient (Wildman–Crippen LogP) is 5.79. The molecule has 0 atom stereocenters. The maximum atomic E-state index is 11.2. The smallest absolute Gasteiger partial charge is 0.294 e. The monoisotopic (exact) mass is 647 g/mol. The highest BCUT2D eigenvalue weighted by molar-refractivity contribution is 7.85. The Morgan fingerprint density at radius 1 is 0.833 bits per heavy atom. The van der Waals surface area contributed by atoms with Gasteiger partial charge in [-0.25, -0.2) is 0 Å². The second kappa shape index (κ2) is 12.7. The summed E-state index contributed by atoms with van der Waals surface area (Å²) >= 11 is 7.82. The van der Waals surface area contributed by atoms with Gasteiger partial charge in [-0.15, -0.1) is 0 Å². The molecule has 1 aliphatic rings. The van der Waals surface area contributed by atoms with Gasteiger partial charge in [0.25, 0.3) is 25.2 Å². The van der Waals surface area contributed by atoms with Gasteiger partial charge in [0.05, 0.1) is 23.3 Å². The molecule has 1 aliphatic heterocycles. The van der Waals surface area contributed by atoms with E-state index >= 15 is 0 Å². The van der Waals surface area contributed by atoms with Crippen LogP contribution in [0.2, 0.25) is 5.02 Å². The summed E-state index contributed by atoms with van der Waals surface area (Å²) in [5.74, 6) is 0.317. The summed E-state index contributed by atoms with van der Waals surface area (Å²) in [4.78, 5) is 1.98. The molecule has 13 heteroatoms. The molecule has 4 aromatic rings. The van der Waals surface area contributed by atoms with Crippen molar-refractivity contribution in [2.45, 2.75) is 32.2 Å². The van der Waals surface area contributed by atoms with Gasteiger partial charge in [-0.3, -0.25) is 0 Å². The van der Waals surface area contributed by atoms with Crippen molar-refractivity contribution in [3.05, 3.63) is 82.6 Å². The lowest BCUT2D eigenvalue weighted by Gasteiger charge is -2.18. The van der Waals surface area contributed by atoms with Crippen LogP contribution in [-0.4, -0.2) is 34.9 Å². The Bertz CT molecular complexity index is 1840. The fourth-order valence-electron chi connectivity index (χ4n) is 4.86. The molecule has 2 radical (unpaired) electrons. The molecule has 220 valence electrons. The number of anilines is 1. The molecule has 0 aliphatic carbocycles. The normalized spacial score (nSPS) is 14.5. The molecule has 9 nitrogen and oxygen atoms in total. The maximum absolute atomic E-state index is 11.2. The largest absolute Gasteiger partial charge is 0.438 e. The van der Waals surface area contributed by atoms with Gasteiger partial charge >= 0.3 is 0 Å². The van der Waals surface area contributed by atoms with Gasteiger partial charge in [0.2, 0.25) is 11.4 Å². The number of hydrogen-bond acceptors (Lipinski definition) is 7. The number of benzene rings is 3. The van der Waals surface area contributed by atoms with Gasteiger partial charge in [-0.1, -0.05) is 68.4 Å². The highest BCUT2D eigenvalue weighted by Gasteiger charge is 2.29. The summed E-state index contributed by atoms with van der Waals surface area (Å²) in [5, 5.41) is 1.39. The molecule has 0 amide bonds. The van der Waals surface area contributed by atoms with E-state index in [1.54, 1.807) is 6.07 Å². The van der Waals surface area contributed by atoms with E-state index in [2.05, 4.69) is 0 Å². The summed E-state index contributed by atoms with van der Waals surface area (Å²) in [5.41, 5.74) is 3.73. The molecule has 0 saturated carbocycles. The number of rotatable bonds is 12. The van der Waals surface area contributed by atoms with E-state index in [0.717, 1.165) is 32.0 Å². The first kappa shape index (κ1) is 30.5. The molecular formula is C29H28ClN2O7S3+. The topological polar surface area (TPSA) is 124 Å². The van der Waals surface area contributed by atoms with Gasteiger partial charge in [0.1, 0.15) is 4.70 Å².